The molecule has 6 nitrogen and oxygen atoms in total. The maximum atomic E-state index is 13.3. The van der Waals surface area contributed by atoms with Crippen LogP contribution in [0.5, 0.6) is 0 Å². The van der Waals surface area contributed by atoms with E-state index in [9.17, 15) is 19.5 Å². The first-order chi connectivity index (χ1) is 20.6. The summed E-state index contributed by atoms with van der Waals surface area (Å²) in [6, 6.07) is 0. The van der Waals surface area contributed by atoms with Crippen LogP contribution in [0.3, 0.4) is 0 Å². The highest BCUT2D eigenvalue weighted by Crippen LogP contribution is 2.46. The molecule has 6 atom stereocenters. The predicted molar refractivity (Wildman–Crippen MR) is 176 cm³/mol. The summed E-state index contributed by atoms with van der Waals surface area (Å²) >= 11 is 0. The van der Waals surface area contributed by atoms with Crippen molar-refractivity contribution in [2.45, 2.75) is 169 Å². The Balaban J connectivity index is 2.95. The number of ether oxygens (including phenoxy) is 2. The summed E-state index contributed by atoms with van der Waals surface area (Å²) in [5, 5.41) is 10.7. The molecule has 1 saturated carbocycles. The molecule has 1 rings (SSSR count). The van der Waals surface area contributed by atoms with Crippen molar-refractivity contribution in [3.63, 3.8) is 0 Å². The van der Waals surface area contributed by atoms with Crippen LogP contribution in [0.15, 0.2) is 24.8 Å². The van der Waals surface area contributed by atoms with Gasteiger partial charge in [-0.25, -0.2) is 0 Å². The topological polar surface area (TPSA) is 89.9 Å². The minimum Gasteiger partial charge on any atom is -0.463 e. The molecule has 0 aliphatic heterocycles. The summed E-state index contributed by atoms with van der Waals surface area (Å²) < 4.78 is 11.5. The lowest BCUT2D eigenvalue weighted by molar-refractivity contribution is -0.155. The van der Waals surface area contributed by atoms with Gasteiger partial charge in [0.25, 0.3) is 0 Å². The summed E-state index contributed by atoms with van der Waals surface area (Å²) in [6.07, 6.45) is 21.1. The molecule has 248 valence electrons. The van der Waals surface area contributed by atoms with Gasteiger partial charge in [0, 0.05) is 12.8 Å². The van der Waals surface area contributed by atoms with E-state index < -0.39 is 0 Å². The number of aliphatic hydroxyl groups is 1. The van der Waals surface area contributed by atoms with Crippen molar-refractivity contribution in [3.05, 3.63) is 24.8 Å². The van der Waals surface area contributed by atoms with Crippen molar-refractivity contribution in [1.82, 2.24) is 0 Å². The first-order valence-corrected chi connectivity index (χ1v) is 17.5. The number of unbranched alkanes of at least 4 members (excludes halogenated alkanes) is 7. The van der Waals surface area contributed by atoms with E-state index >= 15 is 0 Å². The number of allylic oxidation sites excluding steroid dienone is 2. The Morgan fingerprint density at radius 1 is 0.907 bits per heavy atom. The van der Waals surface area contributed by atoms with Crippen LogP contribution in [0.1, 0.15) is 150 Å². The van der Waals surface area contributed by atoms with Crippen LogP contribution in [-0.2, 0) is 23.9 Å². The molecule has 0 bridgehead atoms. The number of hydrogen-bond acceptors (Lipinski definition) is 6. The van der Waals surface area contributed by atoms with Gasteiger partial charge < -0.3 is 19.4 Å². The van der Waals surface area contributed by atoms with Crippen LogP contribution >= 0.6 is 0 Å². The van der Waals surface area contributed by atoms with Crippen LogP contribution in [0.2, 0.25) is 0 Å². The molecule has 0 heterocycles. The van der Waals surface area contributed by atoms with Crippen LogP contribution in [-0.4, -0.2) is 41.1 Å². The fraction of sp³-hybridized carbons (Fsp3) is 0.811. The third-order valence-electron chi connectivity index (χ3n) is 8.86. The van der Waals surface area contributed by atoms with E-state index in [2.05, 4.69) is 32.6 Å². The standard InChI is InChI=1S/C37H64O6/c1-7-10-12-13-17-20-30(9-3)37(41)43-35-27-31(26-29(6)38)33(34(35)25-24-32(39)21-16-11-8-2)22-18-14-15-19-23-36(40)42-28(4)5/h9,14,18,28,30-35,39H,3,7-8,10-13,15-17,19-27H2,1-2,4-6H3/b18-14-/t30?,31-,32-,33-,34+,35+/m0/s1. The van der Waals surface area contributed by atoms with Gasteiger partial charge in [0.05, 0.1) is 18.1 Å². The van der Waals surface area contributed by atoms with E-state index in [1.807, 2.05) is 13.8 Å². The van der Waals surface area contributed by atoms with Crippen molar-refractivity contribution in [1.29, 1.82) is 0 Å². The van der Waals surface area contributed by atoms with Gasteiger partial charge in [0.15, 0.2) is 0 Å². The van der Waals surface area contributed by atoms with Gasteiger partial charge in [-0.3, -0.25) is 9.59 Å². The number of aliphatic hydroxyl groups excluding tert-OH is 1. The van der Waals surface area contributed by atoms with Gasteiger partial charge in [0.2, 0.25) is 0 Å². The van der Waals surface area contributed by atoms with E-state index in [1.54, 1.807) is 13.0 Å². The molecular formula is C37H64O6. The Morgan fingerprint density at radius 2 is 1.58 bits per heavy atom. The second-order valence-corrected chi connectivity index (χ2v) is 13.1. The molecule has 0 aromatic carbocycles. The van der Waals surface area contributed by atoms with Crippen molar-refractivity contribution in [2.24, 2.45) is 23.7 Å². The Kier molecular flexibility index (Phi) is 21.3. The number of carbonyl (C=O) groups excluding carboxylic acids is 3. The van der Waals surface area contributed by atoms with Gasteiger partial charge in [-0.2, -0.15) is 0 Å². The van der Waals surface area contributed by atoms with Crippen LogP contribution in [0, 0.1) is 23.7 Å². The molecule has 1 N–H and O–H groups in total. The lowest BCUT2D eigenvalue weighted by Gasteiger charge is -2.27. The average Bonchev–Trinajstić information content (AvgIpc) is 3.25. The lowest BCUT2D eigenvalue weighted by atomic mass is 9.81. The zero-order valence-electron chi connectivity index (χ0n) is 28.2. The minimum absolute atomic E-state index is 0.0924. The highest BCUT2D eigenvalue weighted by atomic mass is 16.5. The summed E-state index contributed by atoms with van der Waals surface area (Å²) in [5.41, 5.74) is 0. The number of esters is 2. The molecular weight excluding hydrogens is 540 g/mol. The number of hydrogen-bond donors (Lipinski definition) is 1. The summed E-state index contributed by atoms with van der Waals surface area (Å²) in [6.45, 7) is 13.6. The molecule has 1 unspecified atom stereocenters. The summed E-state index contributed by atoms with van der Waals surface area (Å²) in [5.74, 6) is -0.0903. The highest BCUT2D eigenvalue weighted by Gasteiger charge is 2.45. The van der Waals surface area contributed by atoms with E-state index in [4.69, 9.17) is 9.47 Å². The zero-order chi connectivity index (χ0) is 32.0. The van der Waals surface area contributed by atoms with Gasteiger partial charge in [-0.05, 0) is 89.9 Å². The van der Waals surface area contributed by atoms with Crippen molar-refractivity contribution < 1.29 is 29.0 Å². The first kappa shape index (κ1) is 39.1. The Morgan fingerprint density at radius 3 is 2.23 bits per heavy atom. The molecule has 0 saturated heterocycles. The van der Waals surface area contributed by atoms with Crippen molar-refractivity contribution >= 4 is 17.7 Å². The van der Waals surface area contributed by atoms with Crippen LogP contribution < -0.4 is 0 Å². The third-order valence-corrected chi connectivity index (χ3v) is 8.86. The summed E-state index contributed by atoms with van der Waals surface area (Å²) in [4.78, 5) is 37.5. The molecule has 1 aliphatic carbocycles. The maximum absolute atomic E-state index is 13.3. The Hall–Kier alpha value is -1.95. The smallest absolute Gasteiger partial charge is 0.313 e. The van der Waals surface area contributed by atoms with Gasteiger partial charge in [0.1, 0.15) is 11.9 Å². The second-order valence-electron chi connectivity index (χ2n) is 13.1. The predicted octanol–water partition coefficient (Wildman–Crippen LogP) is 9.08. The van der Waals surface area contributed by atoms with E-state index in [-0.39, 0.29) is 59.7 Å². The van der Waals surface area contributed by atoms with Crippen molar-refractivity contribution in [3.8, 4) is 0 Å². The normalized spacial score (nSPS) is 21.7. The monoisotopic (exact) mass is 604 g/mol. The van der Waals surface area contributed by atoms with E-state index in [0.717, 1.165) is 70.6 Å². The highest BCUT2D eigenvalue weighted by molar-refractivity contribution is 5.76. The van der Waals surface area contributed by atoms with Gasteiger partial charge in [-0.1, -0.05) is 83.4 Å². The average molecular weight is 605 g/mol. The second kappa shape index (κ2) is 23.4. The lowest BCUT2D eigenvalue weighted by Crippen LogP contribution is -2.29. The van der Waals surface area contributed by atoms with Crippen molar-refractivity contribution in [2.75, 3.05) is 0 Å². The fourth-order valence-corrected chi connectivity index (χ4v) is 6.53. The quantitative estimate of drug-likeness (QED) is 0.0635. The molecule has 43 heavy (non-hydrogen) atoms. The SMILES string of the molecule is C=CC(CCCCCCC)C(=O)O[C@@H]1C[C@H](CC(C)=O)[C@H](C/C=C\CCCC(=O)OC(C)C)[C@H]1CC[C@@H](O)CCCCC. The van der Waals surface area contributed by atoms with Gasteiger partial charge >= 0.3 is 11.9 Å². The molecule has 0 amide bonds. The largest absolute Gasteiger partial charge is 0.463 e. The minimum atomic E-state index is -0.361. The third kappa shape index (κ3) is 17.2. The first-order valence-electron chi connectivity index (χ1n) is 17.5. The Labute approximate surface area is 263 Å². The van der Waals surface area contributed by atoms with Gasteiger partial charge in [-0.15, -0.1) is 6.58 Å². The molecule has 0 aromatic rings. The van der Waals surface area contributed by atoms with E-state index in [1.165, 1.54) is 19.3 Å². The molecule has 1 aliphatic rings. The number of carbonyl (C=O) groups is 3. The zero-order valence-corrected chi connectivity index (χ0v) is 28.2. The van der Waals surface area contributed by atoms with Crippen LogP contribution in [0.25, 0.3) is 0 Å². The molecule has 0 radical (unpaired) electrons. The number of ketones is 1. The molecule has 1 fully saturated rings. The molecule has 6 heteroatoms. The summed E-state index contributed by atoms with van der Waals surface area (Å²) in [7, 11) is 0. The van der Waals surface area contributed by atoms with Crippen LogP contribution in [0.4, 0.5) is 0 Å². The molecule has 0 spiro atoms. The fourth-order valence-electron chi connectivity index (χ4n) is 6.53. The Bertz CT molecular complexity index is 818. The molecule has 0 aromatic heterocycles. The maximum Gasteiger partial charge on any atom is 0.313 e. The number of Topliss-reactive ketones (excluding diaryl/α,β-unsaturated/α-hetero) is 1. The van der Waals surface area contributed by atoms with E-state index in [0.29, 0.717) is 25.7 Å². The number of rotatable bonds is 25.